The number of fused-ring (bicyclic) bond motifs is 1. The van der Waals surface area contributed by atoms with E-state index in [1.807, 2.05) is 44.2 Å². The van der Waals surface area contributed by atoms with Gasteiger partial charge in [0.15, 0.2) is 11.5 Å². The molecule has 41 heavy (non-hydrogen) atoms. The summed E-state index contributed by atoms with van der Waals surface area (Å²) < 4.78 is 23.2. The van der Waals surface area contributed by atoms with Gasteiger partial charge in [0.05, 0.1) is 38.0 Å². The Hall–Kier alpha value is -3.56. The fourth-order valence-corrected chi connectivity index (χ4v) is 5.66. The molecule has 0 spiro atoms. The predicted molar refractivity (Wildman–Crippen MR) is 155 cm³/mol. The average molecular weight is 565 g/mol. The first-order chi connectivity index (χ1) is 19.9. The van der Waals surface area contributed by atoms with Gasteiger partial charge in [-0.1, -0.05) is 19.4 Å². The molecule has 0 radical (unpaired) electrons. The second kappa shape index (κ2) is 13.0. The van der Waals surface area contributed by atoms with E-state index in [0.29, 0.717) is 68.6 Å². The third-order valence-corrected chi connectivity index (χ3v) is 7.81. The number of ether oxygens (including phenoxy) is 4. The van der Waals surface area contributed by atoms with E-state index >= 15 is 0 Å². The first kappa shape index (κ1) is 29.0. The van der Waals surface area contributed by atoms with Crippen LogP contribution < -0.4 is 14.2 Å². The molecule has 1 N–H and O–H groups in total. The van der Waals surface area contributed by atoms with Crippen LogP contribution >= 0.6 is 0 Å². The van der Waals surface area contributed by atoms with E-state index in [1.165, 1.54) is 0 Å². The van der Waals surface area contributed by atoms with E-state index in [-0.39, 0.29) is 17.4 Å². The maximum atomic E-state index is 13.6. The highest BCUT2D eigenvalue weighted by Gasteiger charge is 2.46. The van der Waals surface area contributed by atoms with Gasteiger partial charge in [0.1, 0.15) is 17.6 Å². The minimum Gasteiger partial charge on any atom is -0.507 e. The number of Topliss-reactive ketones (excluding diaryl/α,β-unsaturated/α-hetero) is 1. The quantitative estimate of drug-likeness (QED) is 0.186. The summed E-state index contributed by atoms with van der Waals surface area (Å²) >= 11 is 0. The molecule has 1 amide bonds. The van der Waals surface area contributed by atoms with Gasteiger partial charge in [-0.2, -0.15) is 0 Å². The molecule has 0 saturated carbocycles. The Morgan fingerprint density at radius 3 is 2.59 bits per heavy atom. The number of morpholine rings is 1. The molecule has 2 saturated heterocycles. The molecule has 220 valence electrons. The molecule has 0 aromatic heterocycles. The van der Waals surface area contributed by atoms with Crippen LogP contribution in [0.5, 0.6) is 17.2 Å². The Balaban J connectivity index is 1.54. The molecule has 3 aliphatic heterocycles. The molecule has 3 heterocycles. The van der Waals surface area contributed by atoms with Crippen LogP contribution in [-0.4, -0.2) is 85.3 Å². The van der Waals surface area contributed by atoms with Crippen LogP contribution in [0.25, 0.3) is 5.76 Å². The smallest absolute Gasteiger partial charge is 0.295 e. The molecule has 0 bridgehead atoms. The summed E-state index contributed by atoms with van der Waals surface area (Å²) in [5.74, 6) is 0.429. The van der Waals surface area contributed by atoms with Gasteiger partial charge in [0, 0.05) is 38.2 Å². The number of rotatable bonds is 11. The normalized spacial score (nSPS) is 22.1. The van der Waals surface area contributed by atoms with E-state index in [0.717, 1.165) is 37.2 Å². The molecule has 9 nitrogen and oxygen atoms in total. The van der Waals surface area contributed by atoms with Crippen molar-refractivity contribution in [2.24, 2.45) is 0 Å². The number of unbranched alkanes of at least 4 members (excludes halogenated alkanes) is 1. The number of hydrogen-bond donors (Lipinski definition) is 1. The third kappa shape index (κ3) is 6.21. The summed E-state index contributed by atoms with van der Waals surface area (Å²) in [7, 11) is 0. The second-order valence-electron chi connectivity index (χ2n) is 10.7. The Bertz CT molecular complexity index is 1300. The van der Waals surface area contributed by atoms with E-state index in [1.54, 1.807) is 11.0 Å². The lowest BCUT2D eigenvalue weighted by Crippen LogP contribution is -2.42. The lowest BCUT2D eigenvalue weighted by molar-refractivity contribution is -0.140. The maximum absolute atomic E-state index is 13.6. The molecular weight excluding hydrogens is 524 g/mol. The van der Waals surface area contributed by atoms with Gasteiger partial charge < -0.3 is 29.0 Å². The van der Waals surface area contributed by atoms with Crippen LogP contribution in [0, 0.1) is 0 Å². The summed E-state index contributed by atoms with van der Waals surface area (Å²) in [6.07, 6.45) is 2.68. The highest BCUT2D eigenvalue weighted by molar-refractivity contribution is 6.46. The van der Waals surface area contributed by atoms with Crippen molar-refractivity contribution in [2.75, 3.05) is 52.6 Å². The summed E-state index contributed by atoms with van der Waals surface area (Å²) in [6, 6.07) is 10.1. The molecule has 5 rings (SSSR count). The molecule has 2 atom stereocenters. The van der Waals surface area contributed by atoms with Gasteiger partial charge >= 0.3 is 0 Å². The SMILES string of the molecule is CCCCOc1ccc([C@H]2/C(=C(\O)c3ccc4c(c3)C[C@@H](C)O4)C(=O)C(=O)N2CCN2CCOCC2)cc1OCC. The standard InChI is InChI=1S/C32H40N2O7/c1-4-6-15-40-26-10-7-22(20-27(26)39-5-2)29-28(30(35)23-8-9-25-24(19-23)18-21(3)41-25)31(36)32(37)34(29)12-11-33-13-16-38-17-14-33/h7-10,19-21,29,35H,4-6,11-18H2,1-3H3/b30-28+/t21-,29+/m1/s1. The number of amides is 1. The van der Waals surface area contributed by atoms with Crippen molar-refractivity contribution in [3.8, 4) is 17.2 Å². The lowest BCUT2D eigenvalue weighted by Gasteiger charge is -2.31. The molecule has 2 fully saturated rings. The predicted octanol–water partition coefficient (Wildman–Crippen LogP) is 4.34. The van der Waals surface area contributed by atoms with Crippen molar-refractivity contribution in [1.29, 1.82) is 0 Å². The Morgan fingerprint density at radius 2 is 1.83 bits per heavy atom. The van der Waals surface area contributed by atoms with Crippen molar-refractivity contribution in [2.45, 2.75) is 52.2 Å². The highest BCUT2D eigenvalue weighted by atomic mass is 16.5. The largest absolute Gasteiger partial charge is 0.507 e. The van der Waals surface area contributed by atoms with Gasteiger partial charge in [-0.05, 0) is 61.7 Å². The molecule has 0 aliphatic carbocycles. The van der Waals surface area contributed by atoms with Crippen LogP contribution in [0.15, 0.2) is 42.0 Å². The zero-order chi connectivity index (χ0) is 28.9. The summed E-state index contributed by atoms with van der Waals surface area (Å²) in [4.78, 5) is 30.9. The van der Waals surface area contributed by atoms with Gasteiger partial charge in [-0.25, -0.2) is 0 Å². The molecule has 0 unspecified atom stereocenters. The molecular formula is C32H40N2O7. The van der Waals surface area contributed by atoms with Crippen LogP contribution in [0.4, 0.5) is 0 Å². The monoisotopic (exact) mass is 564 g/mol. The van der Waals surface area contributed by atoms with Crippen molar-refractivity contribution in [1.82, 2.24) is 9.80 Å². The second-order valence-corrected chi connectivity index (χ2v) is 10.7. The molecule has 3 aliphatic rings. The number of likely N-dealkylation sites (tertiary alicyclic amines) is 1. The number of hydrogen-bond acceptors (Lipinski definition) is 8. The van der Waals surface area contributed by atoms with Crippen LogP contribution in [0.2, 0.25) is 0 Å². The van der Waals surface area contributed by atoms with Crippen molar-refractivity contribution in [3.05, 3.63) is 58.7 Å². The number of aliphatic hydroxyl groups excluding tert-OH is 1. The maximum Gasteiger partial charge on any atom is 0.295 e. The molecule has 9 heteroatoms. The third-order valence-electron chi connectivity index (χ3n) is 7.81. The first-order valence-corrected chi connectivity index (χ1v) is 14.7. The first-order valence-electron chi connectivity index (χ1n) is 14.7. The fourth-order valence-electron chi connectivity index (χ4n) is 5.66. The van der Waals surface area contributed by atoms with Crippen molar-refractivity contribution in [3.63, 3.8) is 0 Å². The van der Waals surface area contributed by atoms with E-state index in [9.17, 15) is 14.7 Å². The minimum absolute atomic E-state index is 0.0446. The minimum atomic E-state index is -0.775. The lowest BCUT2D eigenvalue weighted by atomic mass is 9.94. The van der Waals surface area contributed by atoms with E-state index in [4.69, 9.17) is 18.9 Å². The van der Waals surface area contributed by atoms with Crippen LogP contribution in [0.3, 0.4) is 0 Å². The van der Waals surface area contributed by atoms with Crippen LogP contribution in [0.1, 0.15) is 56.3 Å². The van der Waals surface area contributed by atoms with Gasteiger partial charge in [0.2, 0.25) is 0 Å². The molecule has 2 aromatic carbocycles. The number of benzene rings is 2. The number of carbonyl (C=O) groups excluding carboxylic acids is 2. The number of nitrogens with zero attached hydrogens (tertiary/aromatic N) is 2. The Labute approximate surface area is 241 Å². The topological polar surface area (TPSA) is 97.8 Å². The fraction of sp³-hybridized carbons (Fsp3) is 0.500. The zero-order valence-corrected chi connectivity index (χ0v) is 24.2. The highest BCUT2D eigenvalue weighted by Crippen LogP contribution is 2.43. The zero-order valence-electron chi connectivity index (χ0n) is 24.2. The van der Waals surface area contributed by atoms with E-state index < -0.39 is 17.7 Å². The van der Waals surface area contributed by atoms with Crippen LogP contribution in [-0.2, 0) is 20.7 Å². The summed E-state index contributed by atoms with van der Waals surface area (Å²) in [5, 5.41) is 11.6. The van der Waals surface area contributed by atoms with Gasteiger partial charge in [0.25, 0.3) is 11.7 Å². The van der Waals surface area contributed by atoms with Crippen molar-refractivity contribution >= 4 is 17.4 Å². The number of ketones is 1. The molecule has 2 aromatic rings. The summed E-state index contributed by atoms with van der Waals surface area (Å²) in [6.45, 7) is 10.7. The number of aliphatic hydroxyl groups is 1. The number of carbonyl (C=O) groups is 2. The Morgan fingerprint density at radius 1 is 1.02 bits per heavy atom. The Kier molecular flexibility index (Phi) is 9.15. The van der Waals surface area contributed by atoms with Crippen molar-refractivity contribution < 1.29 is 33.6 Å². The average Bonchev–Trinajstić information content (AvgIpc) is 3.48. The van der Waals surface area contributed by atoms with Gasteiger partial charge in [-0.15, -0.1) is 0 Å². The van der Waals surface area contributed by atoms with Gasteiger partial charge in [-0.3, -0.25) is 14.5 Å². The summed E-state index contributed by atoms with van der Waals surface area (Å²) in [5.41, 5.74) is 2.21. The van der Waals surface area contributed by atoms with E-state index in [2.05, 4.69) is 11.8 Å².